The third-order valence-electron chi connectivity index (χ3n) is 2.45. The van der Waals surface area contributed by atoms with E-state index in [2.05, 4.69) is 10.0 Å². The van der Waals surface area contributed by atoms with E-state index in [1.54, 1.807) is 38.1 Å². The number of benzene rings is 1. The predicted molar refractivity (Wildman–Crippen MR) is 76.7 cm³/mol. The zero-order chi connectivity index (χ0) is 14.6. The molecule has 1 rings (SSSR count). The van der Waals surface area contributed by atoms with Crippen molar-refractivity contribution in [3.63, 3.8) is 0 Å². The van der Waals surface area contributed by atoms with Crippen molar-refractivity contribution < 1.29 is 13.2 Å². The molecule has 0 saturated carbocycles. The highest BCUT2D eigenvalue weighted by molar-refractivity contribution is 7.93. The van der Waals surface area contributed by atoms with Crippen molar-refractivity contribution in [1.82, 2.24) is 5.32 Å². The molecule has 1 aromatic rings. The molecule has 0 aliphatic heterocycles. The Balaban J connectivity index is 2.80. The molecule has 0 unspecified atom stereocenters. The maximum Gasteiger partial charge on any atom is 0.251 e. The Morgan fingerprint density at radius 3 is 2.00 bits per heavy atom. The summed E-state index contributed by atoms with van der Waals surface area (Å²) >= 11 is 0. The first-order chi connectivity index (χ1) is 8.72. The third-order valence-corrected chi connectivity index (χ3v) is 4.21. The lowest BCUT2D eigenvalue weighted by Gasteiger charge is -2.12. The number of hydrogen-bond donors (Lipinski definition) is 2. The fourth-order valence-electron chi connectivity index (χ4n) is 1.32. The minimum absolute atomic E-state index is 0.0617. The van der Waals surface area contributed by atoms with Crippen molar-refractivity contribution >= 4 is 21.6 Å². The molecule has 0 bridgehead atoms. The first-order valence-corrected chi connectivity index (χ1v) is 7.69. The van der Waals surface area contributed by atoms with Crippen LogP contribution >= 0.6 is 0 Å². The van der Waals surface area contributed by atoms with Crippen molar-refractivity contribution in [3.05, 3.63) is 29.8 Å². The van der Waals surface area contributed by atoms with Crippen molar-refractivity contribution in [2.75, 3.05) is 4.72 Å². The third kappa shape index (κ3) is 4.55. The number of nitrogens with one attached hydrogen (secondary N) is 2. The van der Waals surface area contributed by atoms with Crippen LogP contribution in [0.5, 0.6) is 0 Å². The van der Waals surface area contributed by atoms with Crippen LogP contribution < -0.4 is 10.0 Å². The van der Waals surface area contributed by atoms with E-state index >= 15 is 0 Å². The molecule has 0 atom stereocenters. The lowest BCUT2D eigenvalue weighted by molar-refractivity contribution is 0.0943. The van der Waals surface area contributed by atoms with Gasteiger partial charge in [0, 0.05) is 17.3 Å². The fourth-order valence-corrected chi connectivity index (χ4v) is 2.02. The van der Waals surface area contributed by atoms with Gasteiger partial charge in [0.2, 0.25) is 10.0 Å². The number of sulfonamides is 1. The topological polar surface area (TPSA) is 75.3 Å². The smallest absolute Gasteiger partial charge is 0.251 e. The Morgan fingerprint density at radius 1 is 1.05 bits per heavy atom. The molecule has 0 radical (unpaired) electrons. The Kier molecular flexibility index (Phi) is 4.94. The SMILES string of the molecule is CC(C)NC(=O)c1ccc(NS(=O)(=O)C(C)C)cc1. The van der Waals surface area contributed by atoms with Crippen LogP contribution in [-0.4, -0.2) is 25.6 Å². The average Bonchev–Trinajstić information content (AvgIpc) is 2.28. The van der Waals surface area contributed by atoms with E-state index in [1.165, 1.54) is 0 Å². The summed E-state index contributed by atoms with van der Waals surface area (Å²) < 4.78 is 25.8. The molecule has 0 fully saturated rings. The van der Waals surface area contributed by atoms with Crippen LogP contribution in [0.2, 0.25) is 0 Å². The molecule has 106 valence electrons. The van der Waals surface area contributed by atoms with E-state index in [9.17, 15) is 13.2 Å². The molecule has 0 saturated heterocycles. The molecule has 0 spiro atoms. The van der Waals surface area contributed by atoms with Crippen molar-refractivity contribution in [3.8, 4) is 0 Å². The van der Waals surface area contributed by atoms with Gasteiger partial charge in [0.1, 0.15) is 0 Å². The first kappa shape index (κ1) is 15.5. The van der Waals surface area contributed by atoms with Gasteiger partial charge in [0.15, 0.2) is 0 Å². The second-order valence-corrected chi connectivity index (χ2v) is 7.14. The summed E-state index contributed by atoms with van der Waals surface area (Å²) in [6, 6.07) is 6.41. The van der Waals surface area contributed by atoms with Gasteiger partial charge in [-0.1, -0.05) is 0 Å². The maximum absolute atomic E-state index is 11.7. The van der Waals surface area contributed by atoms with Gasteiger partial charge < -0.3 is 5.32 Å². The Hall–Kier alpha value is -1.56. The van der Waals surface area contributed by atoms with Crippen molar-refractivity contribution in [2.45, 2.75) is 39.0 Å². The zero-order valence-electron chi connectivity index (χ0n) is 11.6. The second-order valence-electron chi connectivity index (χ2n) is 4.90. The average molecular weight is 284 g/mol. The van der Waals surface area contributed by atoms with Crippen LogP contribution in [0.4, 0.5) is 5.69 Å². The van der Waals surface area contributed by atoms with Gasteiger partial charge in [-0.2, -0.15) is 0 Å². The molecule has 1 amide bonds. The quantitative estimate of drug-likeness (QED) is 0.868. The van der Waals surface area contributed by atoms with E-state index in [0.29, 0.717) is 11.3 Å². The van der Waals surface area contributed by atoms with Gasteiger partial charge >= 0.3 is 0 Å². The number of carbonyl (C=O) groups is 1. The molecule has 5 nitrogen and oxygen atoms in total. The number of anilines is 1. The molecule has 2 N–H and O–H groups in total. The highest BCUT2D eigenvalue weighted by atomic mass is 32.2. The van der Waals surface area contributed by atoms with Crippen molar-refractivity contribution in [2.24, 2.45) is 0 Å². The second kappa shape index (κ2) is 6.06. The summed E-state index contributed by atoms with van der Waals surface area (Å²) in [5.41, 5.74) is 0.955. The monoisotopic (exact) mass is 284 g/mol. The van der Waals surface area contributed by atoms with Gasteiger partial charge in [-0.3, -0.25) is 9.52 Å². The highest BCUT2D eigenvalue weighted by Gasteiger charge is 2.15. The maximum atomic E-state index is 11.7. The lowest BCUT2D eigenvalue weighted by atomic mass is 10.2. The lowest BCUT2D eigenvalue weighted by Crippen LogP contribution is -2.30. The molecular formula is C13H20N2O3S. The van der Waals surface area contributed by atoms with Crippen LogP contribution in [0.25, 0.3) is 0 Å². The van der Waals surface area contributed by atoms with Crippen LogP contribution in [0, 0.1) is 0 Å². The largest absolute Gasteiger partial charge is 0.350 e. The summed E-state index contributed by atoms with van der Waals surface area (Å²) in [5, 5.41) is 2.26. The van der Waals surface area contributed by atoms with Crippen molar-refractivity contribution in [1.29, 1.82) is 0 Å². The summed E-state index contributed by atoms with van der Waals surface area (Å²) in [6.45, 7) is 6.96. The minimum Gasteiger partial charge on any atom is -0.350 e. The fraction of sp³-hybridized carbons (Fsp3) is 0.462. The number of rotatable bonds is 5. The van der Waals surface area contributed by atoms with Gasteiger partial charge in [-0.15, -0.1) is 0 Å². The summed E-state index contributed by atoms with van der Waals surface area (Å²) in [6.07, 6.45) is 0. The predicted octanol–water partition coefficient (Wildman–Crippen LogP) is 1.97. The van der Waals surface area contributed by atoms with E-state index in [0.717, 1.165) is 0 Å². The van der Waals surface area contributed by atoms with Crippen LogP contribution in [-0.2, 0) is 10.0 Å². The Morgan fingerprint density at radius 2 is 1.58 bits per heavy atom. The summed E-state index contributed by atoms with van der Waals surface area (Å²) in [5.74, 6) is -0.173. The summed E-state index contributed by atoms with van der Waals surface area (Å²) in [4.78, 5) is 11.7. The number of carbonyl (C=O) groups excluding carboxylic acids is 1. The van der Waals surface area contributed by atoms with Gasteiger partial charge in [-0.25, -0.2) is 8.42 Å². The number of hydrogen-bond acceptors (Lipinski definition) is 3. The van der Waals surface area contributed by atoms with E-state index in [1.807, 2.05) is 13.8 Å². The Bertz CT molecular complexity index is 534. The molecule has 1 aromatic carbocycles. The molecule has 6 heteroatoms. The molecule has 0 heterocycles. The molecule has 0 aliphatic carbocycles. The van der Waals surface area contributed by atoms with E-state index in [4.69, 9.17) is 0 Å². The molecular weight excluding hydrogens is 264 g/mol. The van der Waals surface area contributed by atoms with E-state index in [-0.39, 0.29) is 11.9 Å². The standard InChI is InChI=1S/C13H20N2O3S/c1-9(2)14-13(16)11-5-7-12(8-6-11)15-19(17,18)10(3)4/h5-10,15H,1-4H3,(H,14,16). The van der Waals surface area contributed by atoms with Gasteiger partial charge in [0.05, 0.1) is 5.25 Å². The zero-order valence-corrected chi connectivity index (χ0v) is 12.4. The van der Waals surface area contributed by atoms with E-state index < -0.39 is 15.3 Å². The minimum atomic E-state index is -3.35. The molecule has 0 aromatic heterocycles. The molecule has 0 aliphatic rings. The van der Waals surface area contributed by atoms with Crippen LogP contribution in [0.3, 0.4) is 0 Å². The first-order valence-electron chi connectivity index (χ1n) is 6.15. The highest BCUT2D eigenvalue weighted by Crippen LogP contribution is 2.13. The Labute approximate surface area is 114 Å². The van der Waals surface area contributed by atoms with Crippen LogP contribution in [0.1, 0.15) is 38.1 Å². The summed E-state index contributed by atoms with van der Waals surface area (Å²) in [7, 11) is -3.35. The number of amides is 1. The molecule has 19 heavy (non-hydrogen) atoms. The normalized spacial score (nSPS) is 11.7. The van der Waals surface area contributed by atoms with Gasteiger partial charge in [0.25, 0.3) is 5.91 Å². The van der Waals surface area contributed by atoms with Crippen LogP contribution in [0.15, 0.2) is 24.3 Å². The van der Waals surface area contributed by atoms with Gasteiger partial charge in [-0.05, 0) is 52.0 Å².